The van der Waals surface area contributed by atoms with E-state index in [-0.39, 0.29) is 17.8 Å². The third-order valence-electron chi connectivity index (χ3n) is 4.11. The minimum atomic E-state index is -0.303. The zero-order chi connectivity index (χ0) is 18.7. The Bertz CT molecular complexity index is 892. The molecule has 1 N–H and O–H groups in total. The van der Waals surface area contributed by atoms with Gasteiger partial charge in [0.05, 0.1) is 18.7 Å². The maximum Gasteiger partial charge on any atom is 0.295 e. The fourth-order valence-electron chi connectivity index (χ4n) is 2.74. The van der Waals surface area contributed by atoms with E-state index in [2.05, 4.69) is 11.4 Å². The predicted octanol–water partition coefficient (Wildman–Crippen LogP) is 4.42. The van der Waals surface area contributed by atoms with Crippen LogP contribution in [-0.4, -0.2) is 29.8 Å². The summed E-state index contributed by atoms with van der Waals surface area (Å²) in [5, 5.41) is 2.89. The summed E-state index contributed by atoms with van der Waals surface area (Å²) >= 11 is 0.941. The molecule has 0 unspecified atom stereocenters. The molecule has 26 heavy (non-hydrogen) atoms. The molecule has 3 rings (SSSR count). The number of amides is 2. The number of hydrogen-bond donors (Lipinski definition) is 1. The maximum absolute atomic E-state index is 12.6. The molecule has 0 radical (unpaired) electrons. The van der Waals surface area contributed by atoms with E-state index >= 15 is 0 Å². The Kier molecular flexibility index (Phi) is 5.32. The molecule has 2 aromatic rings. The van der Waals surface area contributed by atoms with Gasteiger partial charge in [-0.25, -0.2) is 0 Å². The summed E-state index contributed by atoms with van der Waals surface area (Å²) in [6, 6.07) is 13.4. The maximum atomic E-state index is 12.6. The standard InChI is InChI=1S/C20H20N2O3S/c1-13-8-9-16(14(2)10-13)21-12-22-19(23)18(26-20(22)24)11-15-6-4-5-7-17(15)25-3/h4-11,21H,12H2,1-3H3/b18-11+. The first-order chi connectivity index (χ1) is 12.5. The number of rotatable bonds is 5. The van der Waals surface area contributed by atoms with Crippen LogP contribution in [0.4, 0.5) is 10.5 Å². The summed E-state index contributed by atoms with van der Waals surface area (Å²) in [6.45, 7) is 4.15. The molecule has 0 spiro atoms. The lowest BCUT2D eigenvalue weighted by Gasteiger charge is -2.16. The molecule has 2 amide bonds. The molecule has 0 aromatic heterocycles. The highest BCUT2D eigenvalue weighted by atomic mass is 32.2. The zero-order valence-corrected chi connectivity index (χ0v) is 15.7. The fourth-order valence-corrected chi connectivity index (χ4v) is 3.57. The molecule has 0 aliphatic carbocycles. The van der Waals surface area contributed by atoms with Gasteiger partial charge < -0.3 is 10.1 Å². The van der Waals surface area contributed by atoms with Gasteiger partial charge in [0.15, 0.2) is 0 Å². The van der Waals surface area contributed by atoms with Gasteiger partial charge in [0.2, 0.25) is 0 Å². The lowest BCUT2D eigenvalue weighted by Crippen LogP contribution is -2.33. The number of nitrogens with one attached hydrogen (secondary N) is 1. The molecule has 6 heteroatoms. The third kappa shape index (κ3) is 3.75. The Labute approximate surface area is 157 Å². The Balaban J connectivity index is 1.75. The smallest absolute Gasteiger partial charge is 0.295 e. The number of hydrogen-bond acceptors (Lipinski definition) is 5. The lowest BCUT2D eigenvalue weighted by molar-refractivity contribution is -0.122. The van der Waals surface area contributed by atoms with E-state index in [1.54, 1.807) is 13.2 Å². The minimum Gasteiger partial charge on any atom is -0.496 e. The number of imide groups is 1. The summed E-state index contributed by atoms with van der Waals surface area (Å²) in [4.78, 5) is 26.5. The van der Waals surface area contributed by atoms with Gasteiger partial charge in [0.1, 0.15) is 5.75 Å². The zero-order valence-electron chi connectivity index (χ0n) is 14.9. The average Bonchev–Trinajstić information content (AvgIpc) is 2.88. The number of ether oxygens (including phenoxy) is 1. The van der Waals surface area contributed by atoms with Gasteiger partial charge in [-0.2, -0.15) is 0 Å². The fraction of sp³-hybridized carbons (Fsp3) is 0.200. The molecule has 134 valence electrons. The highest BCUT2D eigenvalue weighted by Gasteiger charge is 2.35. The highest BCUT2D eigenvalue weighted by molar-refractivity contribution is 8.18. The van der Waals surface area contributed by atoms with Crippen molar-refractivity contribution in [3.63, 3.8) is 0 Å². The van der Waals surface area contributed by atoms with E-state index in [1.807, 2.05) is 50.2 Å². The van der Waals surface area contributed by atoms with Gasteiger partial charge in [-0.1, -0.05) is 35.9 Å². The van der Waals surface area contributed by atoms with Crippen LogP contribution in [0, 0.1) is 13.8 Å². The second-order valence-corrected chi connectivity index (χ2v) is 7.00. The van der Waals surface area contributed by atoms with E-state index in [0.717, 1.165) is 28.6 Å². The molecule has 1 saturated heterocycles. The van der Waals surface area contributed by atoms with Gasteiger partial charge in [-0.05, 0) is 49.4 Å². The second kappa shape index (κ2) is 7.66. The molecule has 5 nitrogen and oxygen atoms in total. The van der Waals surface area contributed by atoms with E-state index in [1.165, 1.54) is 10.5 Å². The van der Waals surface area contributed by atoms with Crippen molar-refractivity contribution in [3.05, 3.63) is 64.1 Å². The number of thioether (sulfide) groups is 1. The van der Waals surface area contributed by atoms with E-state index in [9.17, 15) is 9.59 Å². The van der Waals surface area contributed by atoms with Crippen molar-refractivity contribution in [2.24, 2.45) is 0 Å². The number of aryl methyl sites for hydroxylation is 2. The lowest BCUT2D eigenvalue weighted by atomic mass is 10.1. The summed E-state index contributed by atoms with van der Waals surface area (Å²) in [6.07, 6.45) is 1.70. The van der Waals surface area contributed by atoms with Crippen LogP contribution in [0.3, 0.4) is 0 Å². The van der Waals surface area contributed by atoms with E-state index in [4.69, 9.17) is 4.74 Å². The molecule has 0 atom stereocenters. The van der Waals surface area contributed by atoms with Crippen LogP contribution in [0.25, 0.3) is 6.08 Å². The summed E-state index contributed by atoms with van der Waals surface area (Å²) in [7, 11) is 1.58. The van der Waals surface area contributed by atoms with Crippen LogP contribution in [0.1, 0.15) is 16.7 Å². The van der Waals surface area contributed by atoms with Crippen LogP contribution in [0.2, 0.25) is 0 Å². The van der Waals surface area contributed by atoms with Crippen molar-refractivity contribution in [3.8, 4) is 5.75 Å². The first-order valence-electron chi connectivity index (χ1n) is 8.19. The Morgan fingerprint density at radius 1 is 1.15 bits per heavy atom. The number of carbonyl (C=O) groups excluding carboxylic acids is 2. The number of carbonyl (C=O) groups is 2. The van der Waals surface area contributed by atoms with Gasteiger partial charge in [0.25, 0.3) is 11.1 Å². The molecular formula is C20H20N2O3S. The van der Waals surface area contributed by atoms with Crippen LogP contribution < -0.4 is 10.1 Å². The predicted molar refractivity (Wildman–Crippen MR) is 105 cm³/mol. The second-order valence-electron chi connectivity index (χ2n) is 6.00. The number of nitrogens with zero attached hydrogens (tertiary/aromatic N) is 1. The van der Waals surface area contributed by atoms with Crippen molar-refractivity contribution >= 4 is 34.7 Å². The van der Waals surface area contributed by atoms with Crippen LogP contribution in [0.15, 0.2) is 47.4 Å². The molecule has 2 aromatic carbocycles. The SMILES string of the molecule is COc1ccccc1/C=C1/SC(=O)N(CNc2ccc(C)cc2C)C1=O. The van der Waals surface area contributed by atoms with E-state index < -0.39 is 0 Å². The van der Waals surface area contributed by atoms with Crippen molar-refractivity contribution < 1.29 is 14.3 Å². The summed E-state index contributed by atoms with van der Waals surface area (Å²) in [5.74, 6) is 0.357. The Morgan fingerprint density at radius 3 is 2.65 bits per heavy atom. The summed E-state index contributed by atoms with van der Waals surface area (Å²) < 4.78 is 5.30. The Morgan fingerprint density at radius 2 is 1.92 bits per heavy atom. The van der Waals surface area contributed by atoms with E-state index in [0.29, 0.717) is 10.7 Å². The molecule has 1 fully saturated rings. The minimum absolute atomic E-state index is 0.137. The molecule has 1 heterocycles. The molecule has 1 aliphatic heterocycles. The average molecular weight is 368 g/mol. The molecule has 1 aliphatic rings. The normalized spacial score (nSPS) is 15.7. The number of anilines is 1. The van der Waals surface area contributed by atoms with Crippen molar-refractivity contribution in [1.29, 1.82) is 0 Å². The van der Waals surface area contributed by atoms with Crippen LogP contribution in [0.5, 0.6) is 5.75 Å². The van der Waals surface area contributed by atoms with Crippen molar-refractivity contribution in [2.45, 2.75) is 13.8 Å². The third-order valence-corrected chi connectivity index (χ3v) is 5.02. The first kappa shape index (κ1) is 18.1. The molecule has 0 saturated carbocycles. The van der Waals surface area contributed by atoms with Gasteiger partial charge in [0, 0.05) is 11.3 Å². The topological polar surface area (TPSA) is 58.6 Å². The summed E-state index contributed by atoms with van der Waals surface area (Å²) in [5.41, 5.74) is 3.91. The van der Waals surface area contributed by atoms with Gasteiger partial charge in [-0.15, -0.1) is 0 Å². The first-order valence-corrected chi connectivity index (χ1v) is 9.01. The van der Waals surface area contributed by atoms with Crippen LogP contribution in [-0.2, 0) is 4.79 Å². The Hall–Kier alpha value is -2.73. The van der Waals surface area contributed by atoms with Crippen molar-refractivity contribution in [2.75, 3.05) is 19.1 Å². The molecular weight excluding hydrogens is 348 g/mol. The number of para-hydroxylation sites is 1. The largest absolute Gasteiger partial charge is 0.496 e. The number of methoxy groups -OCH3 is 1. The number of benzene rings is 2. The van der Waals surface area contributed by atoms with Gasteiger partial charge >= 0.3 is 0 Å². The van der Waals surface area contributed by atoms with Crippen molar-refractivity contribution in [1.82, 2.24) is 4.90 Å². The van der Waals surface area contributed by atoms with Gasteiger partial charge in [-0.3, -0.25) is 14.5 Å². The molecule has 0 bridgehead atoms. The quantitative estimate of drug-likeness (QED) is 0.792. The van der Waals surface area contributed by atoms with Crippen LogP contribution >= 0.6 is 11.8 Å². The monoisotopic (exact) mass is 368 g/mol. The highest BCUT2D eigenvalue weighted by Crippen LogP contribution is 2.33.